The van der Waals surface area contributed by atoms with E-state index in [0.717, 1.165) is 29.7 Å². The highest BCUT2D eigenvalue weighted by Gasteiger charge is 2.08. The maximum absolute atomic E-state index is 14.5. The van der Waals surface area contributed by atoms with E-state index in [4.69, 9.17) is 4.74 Å². The van der Waals surface area contributed by atoms with Gasteiger partial charge in [0.15, 0.2) is 0 Å². The first-order valence-corrected chi connectivity index (χ1v) is 11.2. The fourth-order valence-corrected chi connectivity index (χ4v) is 3.54. The summed E-state index contributed by atoms with van der Waals surface area (Å²) >= 11 is 0. The molecular weight excluding hydrogens is 373 g/mol. The Morgan fingerprint density at radius 3 is 2.23 bits per heavy atom. The van der Waals surface area contributed by atoms with E-state index in [1.165, 1.54) is 43.7 Å². The number of benzene rings is 2. The molecule has 2 nitrogen and oxygen atoms in total. The van der Waals surface area contributed by atoms with Crippen LogP contribution in [0.25, 0.3) is 22.4 Å². The van der Waals surface area contributed by atoms with Crippen molar-refractivity contribution in [3.05, 3.63) is 72.2 Å². The fraction of sp³-hybridized carbons (Fsp3) is 0.370. The summed E-state index contributed by atoms with van der Waals surface area (Å²) in [6, 6.07) is 17.2. The van der Waals surface area contributed by atoms with Crippen LogP contribution in [-0.4, -0.2) is 11.6 Å². The first-order chi connectivity index (χ1) is 14.7. The summed E-state index contributed by atoms with van der Waals surface area (Å²) in [6.07, 6.45) is 10.4. The second-order valence-corrected chi connectivity index (χ2v) is 7.78. The SMILES string of the molecule is CCCCCCCc1ccc(-c2ccc(-c3ccc(OCCC)cc3F)cc2)nc1. The lowest BCUT2D eigenvalue weighted by Crippen LogP contribution is -1.96. The van der Waals surface area contributed by atoms with Gasteiger partial charge in [0.25, 0.3) is 0 Å². The van der Waals surface area contributed by atoms with Crippen LogP contribution in [0.5, 0.6) is 5.75 Å². The first-order valence-electron chi connectivity index (χ1n) is 11.2. The number of ether oxygens (including phenoxy) is 1. The summed E-state index contributed by atoms with van der Waals surface area (Å²) in [5.41, 5.74) is 4.70. The standard InChI is InChI=1S/C27H32FNO/c1-3-5-6-7-8-9-21-10-17-27(29-20-21)23-13-11-22(12-14-23)25-16-15-24(19-26(25)28)30-18-4-2/h10-17,19-20H,3-9,18H2,1-2H3. The minimum Gasteiger partial charge on any atom is -0.494 e. The maximum Gasteiger partial charge on any atom is 0.134 e. The van der Waals surface area contributed by atoms with Gasteiger partial charge in [0.2, 0.25) is 0 Å². The predicted octanol–water partition coefficient (Wildman–Crippen LogP) is 7.86. The van der Waals surface area contributed by atoms with Crippen LogP contribution >= 0.6 is 0 Å². The maximum atomic E-state index is 14.5. The van der Waals surface area contributed by atoms with Crippen LogP contribution in [-0.2, 0) is 6.42 Å². The second-order valence-electron chi connectivity index (χ2n) is 7.78. The lowest BCUT2D eigenvalue weighted by Gasteiger charge is -2.09. The van der Waals surface area contributed by atoms with E-state index in [0.29, 0.717) is 17.9 Å². The molecule has 3 rings (SSSR count). The predicted molar refractivity (Wildman–Crippen MR) is 123 cm³/mol. The number of unbranched alkanes of at least 4 members (excludes halogenated alkanes) is 4. The van der Waals surface area contributed by atoms with Crippen LogP contribution in [0.2, 0.25) is 0 Å². The topological polar surface area (TPSA) is 22.1 Å². The number of rotatable bonds is 11. The zero-order chi connectivity index (χ0) is 21.2. The Hall–Kier alpha value is -2.68. The van der Waals surface area contributed by atoms with Gasteiger partial charge >= 0.3 is 0 Å². The van der Waals surface area contributed by atoms with Crippen LogP contribution in [0, 0.1) is 5.82 Å². The van der Waals surface area contributed by atoms with Gasteiger partial charge in [-0.15, -0.1) is 0 Å². The van der Waals surface area contributed by atoms with Crippen molar-refractivity contribution in [3.63, 3.8) is 0 Å². The third kappa shape index (κ3) is 6.16. The highest BCUT2D eigenvalue weighted by molar-refractivity contribution is 5.69. The number of hydrogen-bond donors (Lipinski definition) is 0. The third-order valence-electron chi connectivity index (χ3n) is 5.30. The summed E-state index contributed by atoms with van der Waals surface area (Å²) in [4.78, 5) is 4.63. The summed E-state index contributed by atoms with van der Waals surface area (Å²) in [5.74, 6) is 0.308. The smallest absolute Gasteiger partial charge is 0.134 e. The second kappa shape index (κ2) is 11.5. The lowest BCUT2D eigenvalue weighted by molar-refractivity contribution is 0.316. The van der Waals surface area contributed by atoms with Crippen molar-refractivity contribution >= 4 is 0 Å². The van der Waals surface area contributed by atoms with Crippen molar-refractivity contribution in [2.75, 3.05) is 6.61 Å². The van der Waals surface area contributed by atoms with Crippen molar-refractivity contribution in [2.45, 2.75) is 58.8 Å². The van der Waals surface area contributed by atoms with E-state index in [1.807, 2.05) is 43.5 Å². The van der Waals surface area contributed by atoms with E-state index < -0.39 is 0 Å². The van der Waals surface area contributed by atoms with Gasteiger partial charge in [-0.1, -0.05) is 69.9 Å². The monoisotopic (exact) mass is 405 g/mol. The Morgan fingerprint density at radius 1 is 0.800 bits per heavy atom. The molecule has 0 saturated carbocycles. The molecule has 0 radical (unpaired) electrons. The van der Waals surface area contributed by atoms with Gasteiger partial charge in [-0.2, -0.15) is 0 Å². The van der Waals surface area contributed by atoms with Crippen molar-refractivity contribution < 1.29 is 9.13 Å². The summed E-state index contributed by atoms with van der Waals surface area (Å²) < 4.78 is 20.0. The van der Waals surface area contributed by atoms with Crippen LogP contribution in [0.3, 0.4) is 0 Å². The first kappa shape index (κ1) is 22.0. The molecule has 0 aliphatic heterocycles. The Kier molecular flexibility index (Phi) is 8.43. The zero-order valence-corrected chi connectivity index (χ0v) is 18.2. The molecule has 0 bridgehead atoms. The number of pyridine rings is 1. The molecule has 158 valence electrons. The van der Waals surface area contributed by atoms with Crippen LogP contribution in [0.4, 0.5) is 4.39 Å². The van der Waals surface area contributed by atoms with E-state index in [-0.39, 0.29) is 5.82 Å². The van der Waals surface area contributed by atoms with Gasteiger partial charge in [-0.3, -0.25) is 4.98 Å². The quantitative estimate of drug-likeness (QED) is 0.303. The average molecular weight is 406 g/mol. The Balaban J connectivity index is 1.63. The van der Waals surface area contributed by atoms with Crippen molar-refractivity contribution in [1.82, 2.24) is 4.98 Å². The number of aryl methyl sites for hydroxylation is 1. The molecule has 1 aromatic heterocycles. The molecular formula is C27H32FNO. The molecule has 1 heterocycles. The molecule has 0 amide bonds. The zero-order valence-electron chi connectivity index (χ0n) is 18.2. The molecule has 0 atom stereocenters. The highest BCUT2D eigenvalue weighted by Crippen LogP contribution is 2.28. The molecule has 0 saturated heterocycles. The lowest BCUT2D eigenvalue weighted by atomic mass is 10.0. The van der Waals surface area contributed by atoms with Crippen LogP contribution in [0.15, 0.2) is 60.8 Å². The summed E-state index contributed by atoms with van der Waals surface area (Å²) in [6.45, 7) is 4.87. The Morgan fingerprint density at radius 2 is 1.57 bits per heavy atom. The largest absolute Gasteiger partial charge is 0.494 e. The van der Waals surface area contributed by atoms with Crippen molar-refractivity contribution in [2.24, 2.45) is 0 Å². The molecule has 3 heteroatoms. The van der Waals surface area contributed by atoms with Gasteiger partial charge in [-0.05, 0) is 48.6 Å². The van der Waals surface area contributed by atoms with E-state index in [2.05, 4.69) is 24.0 Å². The van der Waals surface area contributed by atoms with Crippen LogP contribution in [0.1, 0.15) is 57.9 Å². The molecule has 3 aromatic rings. The molecule has 0 aliphatic rings. The summed E-state index contributed by atoms with van der Waals surface area (Å²) in [7, 11) is 0. The third-order valence-corrected chi connectivity index (χ3v) is 5.30. The molecule has 0 N–H and O–H groups in total. The average Bonchev–Trinajstić information content (AvgIpc) is 2.78. The molecule has 2 aromatic carbocycles. The van der Waals surface area contributed by atoms with E-state index in [1.54, 1.807) is 6.07 Å². The van der Waals surface area contributed by atoms with Gasteiger partial charge < -0.3 is 4.74 Å². The molecule has 0 unspecified atom stereocenters. The highest BCUT2D eigenvalue weighted by atomic mass is 19.1. The number of nitrogens with zero attached hydrogens (tertiary/aromatic N) is 1. The molecule has 30 heavy (non-hydrogen) atoms. The van der Waals surface area contributed by atoms with Gasteiger partial charge in [-0.25, -0.2) is 4.39 Å². The Bertz CT molecular complexity index is 903. The van der Waals surface area contributed by atoms with E-state index in [9.17, 15) is 4.39 Å². The minimum absolute atomic E-state index is 0.266. The number of halogens is 1. The number of aromatic nitrogens is 1. The minimum atomic E-state index is -0.266. The van der Waals surface area contributed by atoms with Gasteiger partial charge in [0.05, 0.1) is 12.3 Å². The number of hydrogen-bond acceptors (Lipinski definition) is 2. The van der Waals surface area contributed by atoms with Crippen molar-refractivity contribution in [3.8, 4) is 28.1 Å². The van der Waals surface area contributed by atoms with Crippen molar-refractivity contribution in [1.29, 1.82) is 0 Å². The van der Waals surface area contributed by atoms with Gasteiger partial charge in [0.1, 0.15) is 11.6 Å². The summed E-state index contributed by atoms with van der Waals surface area (Å²) in [5, 5.41) is 0. The van der Waals surface area contributed by atoms with Crippen LogP contribution < -0.4 is 4.74 Å². The molecule has 0 fully saturated rings. The van der Waals surface area contributed by atoms with Gasteiger partial charge in [0, 0.05) is 23.4 Å². The molecule has 0 aliphatic carbocycles. The molecule has 0 spiro atoms. The fourth-order valence-electron chi connectivity index (χ4n) is 3.54. The van der Waals surface area contributed by atoms with E-state index >= 15 is 0 Å². The normalized spacial score (nSPS) is 10.9. The Labute approximate surface area is 180 Å².